The second kappa shape index (κ2) is 7.88. The van der Waals surface area contributed by atoms with Gasteiger partial charge in [0.15, 0.2) is 0 Å². The van der Waals surface area contributed by atoms with Gasteiger partial charge in [0, 0.05) is 11.1 Å². The molecule has 1 aromatic carbocycles. The number of benzene rings is 1. The Bertz CT molecular complexity index is 786. The number of hydrogen-bond acceptors (Lipinski definition) is 1. The zero-order valence-electron chi connectivity index (χ0n) is 13.4. The molecule has 0 saturated heterocycles. The second-order valence-electron chi connectivity index (χ2n) is 4.94. The molecule has 0 aliphatic rings. The smallest absolute Gasteiger partial charge is 0.138 e. The van der Waals surface area contributed by atoms with Crippen LogP contribution in [-0.4, -0.2) is 9.97 Å². The molecule has 0 fully saturated rings. The number of nitrogens with one attached hydrogen (secondary N) is 1. The molecule has 1 heterocycles. The fourth-order valence-corrected chi connectivity index (χ4v) is 2.29. The maximum absolute atomic E-state index is 13.2. The Hall–Kier alpha value is -3.20. The lowest BCUT2D eigenvalue weighted by atomic mass is 10.0. The van der Waals surface area contributed by atoms with E-state index in [0.717, 1.165) is 28.1 Å². The van der Waals surface area contributed by atoms with Gasteiger partial charge in [0.1, 0.15) is 11.6 Å². The first kappa shape index (κ1) is 17.2. The molecule has 2 nitrogen and oxygen atoms in total. The van der Waals surface area contributed by atoms with Crippen LogP contribution >= 0.6 is 0 Å². The lowest BCUT2D eigenvalue weighted by Crippen LogP contribution is -1.89. The summed E-state index contributed by atoms with van der Waals surface area (Å²) in [6.07, 6.45) is 10.5. The van der Waals surface area contributed by atoms with E-state index in [4.69, 9.17) is 0 Å². The summed E-state index contributed by atoms with van der Waals surface area (Å²) < 4.78 is 13.2. The molecule has 0 spiro atoms. The normalized spacial score (nSPS) is 11.9. The summed E-state index contributed by atoms with van der Waals surface area (Å²) >= 11 is 0. The molecule has 0 amide bonds. The Balaban J connectivity index is 2.69. The minimum atomic E-state index is -0.289. The van der Waals surface area contributed by atoms with E-state index in [1.165, 1.54) is 12.1 Å². The van der Waals surface area contributed by atoms with Crippen LogP contribution in [0.3, 0.4) is 0 Å². The van der Waals surface area contributed by atoms with Crippen molar-refractivity contribution in [3.8, 4) is 11.4 Å². The van der Waals surface area contributed by atoms with Crippen LogP contribution in [-0.2, 0) is 0 Å². The van der Waals surface area contributed by atoms with Crippen molar-refractivity contribution in [2.75, 3.05) is 0 Å². The average Bonchev–Trinajstić information content (AvgIpc) is 3.03. The van der Waals surface area contributed by atoms with Crippen LogP contribution in [0.25, 0.3) is 22.5 Å². The molecule has 120 valence electrons. The van der Waals surface area contributed by atoms with Crippen LogP contribution < -0.4 is 0 Å². The van der Waals surface area contributed by atoms with Crippen molar-refractivity contribution in [3.05, 3.63) is 104 Å². The fourth-order valence-electron chi connectivity index (χ4n) is 2.29. The van der Waals surface area contributed by atoms with E-state index >= 15 is 0 Å². The first-order valence-corrected chi connectivity index (χ1v) is 7.41. The van der Waals surface area contributed by atoms with Crippen molar-refractivity contribution < 1.29 is 4.39 Å². The van der Waals surface area contributed by atoms with Crippen molar-refractivity contribution in [2.24, 2.45) is 0 Å². The van der Waals surface area contributed by atoms with E-state index in [1.807, 2.05) is 12.2 Å². The number of H-pyrrole nitrogens is 1. The largest absolute Gasteiger partial charge is 0.337 e. The van der Waals surface area contributed by atoms with Gasteiger partial charge >= 0.3 is 0 Å². The molecule has 1 N–H and O–H groups in total. The zero-order chi connectivity index (χ0) is 17.5. The number of allylic oxidation sites excluding steroid dienone is 8. The quantitative estimate of drug-likeness (QED) is 0.649. The third-order valence-electron chi connectivity index (χ3n) is 3.42. The number of hydrogen-bond donors (Lipinski definition) is 1. The molecule has 1 aromatic heterocycles. The van der Waals surface area contributed by atoms with Gasteiger partial charge in [-0.3, -0.25) is 0 Å². The Labute approximate surface area is 141 Å². The standard InChI is InChI=1S/C21H19FN2/c1-5-9-15(7-3)19-20(16(8-4)10-6-2)24-21(23-19)17-11-13-18(22)14-12-17/h5-14H,1-4H2,(H,23,24)/b15-9+,16-10+. The summed E-state index contributed by atoms with van der Waals surface area (Å²) in [6, 6.07) is 6.16. The summed E-state index contributed by atoms with van der Waals surface area (Å²) in [5, 5.41) is 0. The SMILES string of the molecule is C=C/C=C(\C=C)c1nc(-c2ccc(F)cc2)[nH]c1/C(C=C)=C/C=C. The van der Waals surface area contributed by atoms with E-state index in [9.17, 15) is 4.39 Å². The predicted molar refractivity (Wildman–Crippen MR) is 101 cm³/mol. The van der Waals surface area contributed by atoms with E-state index in [-0.39, 0.29) is 5.82 Å². The summed E-state index contributed by atoms with van der Waals surface area (Å²) in [6.45, 7) is 15.1. The Morgan fingerprint density at radius 2 is 1.50 bits per heavy atom. The predicted octanol–water partition coefficient (Wildman–Crippen LogP) is 5.73. The number of imidazole rings is 1. The summed E-state index contributed by atoms with van der Waals surface area (Å²) in [4.78, 5) is 7.95. The summed E-state index contributed by atoms with van der Waals surface area (Å²) in [7, 11) is 0. The highest BCUT2D eigenvalue weighted by Gasteiger charge is 2.15. The highest BCUT2D eigenvalue weighted by molar-refractivity contribution is 5.85. The Morgan fingerprint density at radius 1 is 0.917 bits per heavy atom. The third-order valence-corrected chi connectivity index (χ3v) is 3.42. The van der Waals surface area contributed by atoms with Gasteiger partial charge in [-0.15, -0.1) is 0 Å². The van der Waals surface area contributed by atoms with Gasteiger partial charge in [0.25, 0.3) is 0 Å². The number of aromatic nitrogens is 2. The molecule has 0 radical (unpaired) electrons. The highest BCUT2D eigenvalue weighted by Crippen LogP contribution is 2.29. The van der Waals surface area contributed by atoms with Crippen LogP contribution in [0.1, 0.15) is 11.4 Å². The maximum Gasteiger partial charge on any atom is 0.138 e. The molecular weight excluding hydrogens is 299 g/mol. The molecule has 0 aliphatic carbocycles. The fraction of sp³-hybridized carbons (Fsp3) is 0. The van der Waals surface area contributed by atoms with Gasteiger partial charge in [-0.05, 0) is 29.8 Å². The highest BCUT2D eigenvalue weighted by atomic mass is 19.1. The van der Waals surface area contributed by atoms with Gasteiger partial charge in [0.05, 0.1) is 11.4 Å². The lowest BCUT2D eigenvalue weighted by molar-refractivity contribution is 0.628. The molecule has 0 saturated carbocycles. The van der Waals surface area contributed by atoms with Gasteiger partial charge in [0.2, 0.25) is 0 Å². The van der Waals surface area contributed by atoms with Crippen LogP contribution in [0, 0.1) is 5.82 Å². The maximum atomic E-state index is 13.2. The summed E-state index contributed by atoms with van der Waals surface area (Å²) in [5.41, 5.74) is 3.96. The minimum Gasteiger partial charge on any atom is -0.337 e. The van der Waals surface area contributed by atoms with Crippen LogP contribution in [0.2, 0.25) is 0 Å². The number of nitrogens with zero attached hydrogens (tertiary/aromatic N) is 1. The molecule has 2 rings (SSSR count). The van der Waals surface area contributed by atoms with Gasteiger partial charge in [-0.1, -0.05) is 62.8 Å². The van der Waals surface area contributed by atoms with Crippen LogP contribution in [0.4, 0.5) is 4.39 Å². The van der Waals surface area contributed by atoms with Crippen LogP contribution in [0.5, 0.6) is 0 Å². The van der Waals surface area contributed by atoms with Crippen LogP contribution in [0.15, 0.2) is 87.0 Å². The van der Waals surface area contributed by atoms with Gasteiger partial charge < -0.3 is 4.98 Å². The van der Waals surface area contributed by atoms with E-state index in [1.54, 1.807) is 36.4 Å². The van der Waals surface area contributed by atoms with Crippen molar-refractivity contribution in [1.82, 2.24) is 9.97 Å². The first-order chi connectivity index (χ1) is 11.6. The Morgan fingerprint density at radius 3 is 2.04 bits per heavy atom. The van der Waals surface area contributed by atoms with Gasteiger partial charge in [-0.25, -0.2) is 9.37 Å². The molecule has 24 heavy (non-hydrogen) atoms. The van der Waals surface area contributed by atoms with E-state index in [2.05, 4.69) is 36.3 Å². The third kappa shape index (κ3) is 3.58. The summed E-state index contributed by atoms with van der Waals surface area (Å²) in [5.74, 6) is 0.344. The average molecular weight is 318 g/mol. The number of aromatic amines is 1. The second-order valence-corrected chi connectivity index (χ2v) is 4.94. The topological polar surface area (TPSA) is 28.7 Å². The number of rotatable bonds is 7. The number of halogens is 1. The van der Waals surface area contributed by atoms with Crippen molar-refractivity contribution >= 4 is 11.1 Å². The first-order valence-electron chi connectivity index (χ1n) is 7.41. The van der Waals surface area contributed by atoms with Gasteiger partial charge in [-0.2, -0.15) is 0 Å². The van der Waals surface area contributed by atoms with Crippen molar-refractivity contribution in [2.45, 2.75) is 0 Å². The van der Waals surface area contributed by atoms with E-state index < -0.39 is 0 Å². The molecule has 0 aliphatic heterocycles. The van der Waals surface area contributed by atoms with Crippen molar-refractivity contribution in [1.29, 1.82) is 0 Å². The molecule has 0 atom stereocenters. The van der Waals surface area contributed by atoms with Crippen molar-refractivity contribution in [3.63, 3.8) is 0 Å². The molecular formula is C21H19FN2. The van der Waals surface area contributed by atoms with E-state index in [0.29, 0.717) is 5.82 Å². The Kier molecular flexibility index (Phi) is 5.63. The molecule has 3 heteroatoms. The zero-order valence-corrected chi connectivity index (χ0v) is 13.4. The molecule has 0 bridgehead atoms. The molecule has 2 aromatic rings. The lowest BCUT2D eigenvalue weighted by Gasteiger charge is -2.03. The minimum absolute atomic E-state index is 0.289. The monoisotopic (exact) mass is 318 g/mol. The molecule has 0 unspecified atom stereocenters.